The van der Waals surface area contributed by atoms with E-state index in [2.05, 4.69) is 84.9 Å². The third-order valence-electron chi connectivity index (χ3n) is 7.75. The van der Waals surface area contributed by atoms with Gasteiger partial charge < -0.3 is 9.22 Å². The van der Waals surface area contributed by atoms with Crippen molar-refractivity contribution in [2.45, 2.75) is 31.5 Å². The Morgan fingerprint density at radius 2 is 1.88 bits per heavy atom. The number of ether oxygens (including phenoxy) is 1. The van der Waals surface area contributed by atoms with Gasteiger partial charge in [-0.3, -0.25) is 4.98 Å². The molecule has 3 aliphatic heterocycles. The van der Waals surface area contributed by atoms with Gasteiger partial charge >= 0.3 is 0 Å². The monoisotopic (exact) mass is 425 g/mol. The zero-order valence-corrected chi connectivity index (χ0v) is 18.8. The van der Waals surface area contributed by atoms with Gasteiger partial charge in [-0.1, -0.05) is 60.7 Å². The standard InChI is InChI=1S/C29H33N2O/c1-3-18-32-29(26-14-16-30-27-13-9-8-12-25(26)27)28-19-24-15-17-31(28,21-23(24)4-2)20-22-10-6-5-7-11-22/h3-14,16,23-24,28-29H,1-2,15,17-21H2/q+1/t23?,24?,28?,29-,31?/m0/s1. The fraction of sp³-hybridized carbons (Fsp3) is 0.345. The SMILES string of the molecule is C=CCO[C@@H](c1ccnc2ccccc12)C1CC2CC[N+]1(Cc1ccccc1)CC2C=C. The molecular weight excluding hydrogens is 392 g/mol. The van der Waals surface area contributed by atoms with E-state index >= 15 is 0 Å². The maximum absolute atomic E-state index is 6.62. The Hall–Kier alpha value is -2.75. The lowest BCUT2D eigenvalue weighted by atomic mass is 9.71. The number of hydrogen-bond donors (Lipinski definition) is 0. The van der Waals surface area contributed by atoms with Gasteiger partial charge in [0.2, 0.25) is 0 Å². The molecule has 3 saturated heterocycles. The number of piperidine rings is 3. The van der Waals surface area contributed by atoms with E-state index in [9.17, 15) is 0 Å². The number of quaternary nitrogens is 1. The Balaban J connectivity index is 1.60. The van der Waals surface area contributed by atoms with E-state index in [0.29, 0.717) is 24.5 Å². The molecule has 6 rings (SSSR count). The predicted octanol–water partition coefficient (Wildman–Crippen LogP) is 6.09. The zero-order valence-electron chi connectivity index (χ0n) is 18.8. The summed E-state index contributed by atoms with van der Waals surface area (Å²) in [4.78, 5) is 4.61. The molecule has 164 valence electrons. The second-order valence-corrected chi connectivity index (χ2v) is 9.48. The third kappa shape index (κ3) is 3.80. The molecule has 5 atom stereocenters. The van der Waals surface area contributed by atoms with E-state index in [1.165, 1.54) is 35.9 Å². The molecule has 0 saturated carbocycles. The molecule has 3 aromatic rings. The summed E-state index contributed by atoms with van der Waals surface area (Å²) >= 11 is 0. The van der Waals surface area contributed by atoms with E-state index in [1.807, 2.05) is 12.3 Å². The van der Waals surface area contributed by atoms with Gasteiger partial charge in [0.05, 0.1) is 25.2 Å². The van der Waals surface area contributed by atoms with Gasteiger partial charge in [-0.15, -0.1) is 13.2 Å². The second-order valence-electron chi connectivity index (χ2n) is 9.48. The molecule has 2 bridgehead atoms. The van der Waals surface area contributed by atoms with Crippen molar-refractivity contribution in [1.82, 2.24) is 4.98 Å². The van der Waals surface area contributed by atoms with Gasteiger partial charge in [0.15, 0.2) is 0 Å². The Morgan fingerprint density at radius 1 is 1.06 bits per heavy atom. The van der Waals surface area contributed by atoms with Crippen LogP contribution in [-0.2, 0) is 11.3 Å². The molecule has 0 amide bonds. The highest BCUT2D eigenvalue weighted by atomic mass is 16.5. The lowest BCUT2D eigenvalue weighted by molar-refractivity contribution is -0.985. The molecule has 0 aliphatic carbocycles. The lowest BCUT2D eigenvalue weighted by Gasteiger charge is -2.58. The van der Waals surface area contributed by atoms with Crippen molar-refractivity contribution in [2.24, 2.45) is 11.8 Å². The van der Waals surface area contributed by atoms with Crippen LogP contribution in [0.15, 0.2) is 92.2 Å². The van der Waals surface area contributed by atoms with Crippen LogP contribution >= 0.6 is 0 Å². The lowest BCUT2D eigenvalue weighted by Crippen LogP contribution is -2.67. The summed E-state index contributed by atoms with van der Waals surface area (Å²) < 4.78 is 7.69. The van der Waals surface area contributed by atoms with Gasteiger partial charge in [0, 0.05) is 35.9 Å². The minimum Gasteiger partial charge on any atom is -0.363 e. The molecule has 4 heterocycles. The number of fused-ring (bicyclic) bond motifs is 4. The first-order chi connectivity index (χ1) is 15.7. The maximum Gasteiger partial charge on any atom is 0.135 e. The first kappa shape index (κ1) is 21.1. The van der Waals surface area contributed by atoms with Crippen molar-refractivity contribution < 1.29 is 9.22 Å². The van der Waals surface area contributed by atoms with Crippen molar-refractivity contribution in [1.29, 1.82) is 0 Å². The number of benzene rings is 2. The average Bonchev–Trinajstić information content (AvgIpc) is 2.85. The molecule has 32 heavy (non-hydrogen) atoms. The molecule has 1 aromatic heterocycles. The summed E-state index contributed by atoms with van der Waals surface area (Å²) in [5.74, 6) is 1.27. The summed E-state index contributed by atoms with van der Waals surface area (Å²) in [6.45, 7) is 12.1. The summed E-state index contributed by atoms with van der Waals surface area (Å²) in [5.41, 5.74) is 3.70. The Labute approximate surface area is 191 Å². The van der Waals surface area contributed by atoms with E-state index in [0.717, 1.165) is 23.1 Å². The maximum atomic E-state index is 6.62. The molecule has 3 fully saturated rings. The molecule has 0 spiro atoms. The fourth-order valence-corrected chi connectivity index (χ4v) is 6.26. The average molecular weight is 426 g/mol. The van der Waals surface area contributed by atoms with Gasteiger partial charge in [-0.05, 0) is 23.6 Å². The van der Waals surface area contributed by atoms with Crippen molar-refractivity contribution in [3.05, 3.63) is 103 Å². The number of rotatable bonds is 8. The van der Waals surface area contributed by atoms with Crippen molar-refractivity contribution in [2.75, 3.05) is 19.7 Å². The van der Waals surface area contributed by atoms with Gasteiger partial charge in [-0.2, -0.15) is 0 Å². The molecule has 3 aliphatic rings. The zero-order chi connectivity index (χ0) is 22.0. The van der Waals surface area contributed by atoms with Crippen LogP contribution in [0.5, 0.6) is 0 Å². The number of aromatic nitrogens is 1. The smallest absolute Gasteiger partial charge is 0.135 e. The highest BCUT2D eigenvalue weighted by molar-refractivity contribution is 5.82. The molecule has 3 nitrogen and oxygen atoms in total. The summed E-state index contributed by atoms with van der Waals surface area (Å²) in [5, 5.41) is 1.20. The molecular formula is C29H33N2O+. The molecule has 4 unspecified atom stereocenters. The van der Waals surface area contributed by atoms with Crippen molar-refractivity contribution in [3.8, 4) is 0 Å². The van der Waals surface area contributed by atoms with Crippen LogP contribution in [0.25, 0.3) is 10.9 Å². The molecule has 2 aromatic carbocycles. The van der Waals surface area contributed by atoms with E-state index in [-0.39, 0.29) is 6.10 Å². The minimum absolute atomic E-state index is 0.0122. The number of para-hydroxylation sites is 1. The summed E-state index contributed by atoms with van der Waals surface area (Å²) in [6, 6.07) is 22.0. The highest BCUT2D eigenvalue weighted by Gasteiger charge is 2.54. The first-order valence-corrected chi connectivity index (χ1v) is 11.8. The van der Waals surface area contributed by atoms with Crippen molar-refractivity contribution >= 4 is 10.9 Å². The van der Waals surface area contributed by atoms with Gasteiger partial charge in [0.1, 0.15) is 18.7 Å². The van der Waals surface area contributed by atoms with Crippen LogP contribution in [-0.4, -0.2) is 35.2 Å². The second kappa shape index (κ2) is 9.01. The topological polar surface area (TPSA) is 22.1 Å². The third-order valence-corrected chi connectivity index (χ3v) is 7.75. The summed E-state index contributed by atoms with van der Waals surface area (Å²) in [7, 11) is 0. The predicted molar refractivity (Wildman–Crippen MR) is 131 cm³/mol. The minimum atomic E-state index is 0.0122. The van der Waals surface area contributed by atoms with Crippen LogP contribution in [0.1, 0.15) is 30.1 Å². The molecule has 0 N–H and O–H groups in total. The molecule has 3 heteroatoms. The highest BCUT2D eigenvalue weighted by Crippen LogP contribution is 2.49. The Kier molecular flexibility index (Phi) is 5.95. The van der Waals surface area contributed by atoms with Crippen LogP contribution < -0.4 is 0 Å². The van der Waals surface area contributed by atoms with Crippen LogP contribution in [0, 0.1) is 11.8 Å². The van der Waals surface area contributed by atoms with E-state index in [1.54, 1.807) is 0 Å². The normalized spacial score (nSPS) is 27.8. The summed E-state index contributed by atoms with van der Waals surface area (Å²) in [6.07, 6.45) is 8.47. The first-order valence-electron chi connectivity index (χ1n) is 11.8. The largest absolute Gasteiger partial charge is 0.363 e. The Morgan fingerprint density at radius 3 is 2.69 bits per heavy atom. The van der Waals surface area contributed by atoms with Gasteiger partial charge in [-0.25, -0.2) is 0 Å². The number of nitrogens with zero attached hydrogens (tertiary/aromatic N) is 2. The number of hydrogen-bond acceptors (Lipinski definition) is 2. The molecule has 0 radical (unpaired) electrons. The van der Waals surface area contributed by atoms with Crippen LogP contribution in [0.4, 0.5) is 0 Å². The van der Waals surface area contributed by atoms with E-state index < -0.39 is 0 Å². The van der Waals surface area contributed by atoms with Crippen LogP contribution in [0.3, 0.4) is 0 Å². The van der Waals surface area contributed by atoms with Crippen LogP contribution in [0.2, 0.25) is 0 Å². The van der Waals surface area contributed by atoms with E-state index in [4.69, 9.17) is 4.74 Å². The van der Waals surface area contributed by atoms with Gasteiger partial charge in [0.25, 0.3) is 0 Å². The Bertz CT molecular complexity index is 1090. The number of pyridine rings is 1. The quantitative estimate of drug-likeness (QED) is 0.322. The fourth-order valence-electron chi connectivity index (χ4n) is 6.26. The van der Waals surface area contributed by atoms with Crippen molar-refractivity contribution in [3.63, 3.8) is 0 Å².